The summed E-state index contributed by atoms with van der Waals surface area (Å²) in [5.41, 5.74) is 6.18. The largest absolute Gasteiger partial charge is 0.329 e. The summed E-state index contributed by atoms with van der Waals surface area (Å²) in [5.74, 6) is 1.64. The van der Waals surface area contributed by atoms with Crippen LogP contribution in [0.1, 0.15) is 47.0 Å². The average molecular weight is 212 g/mol. The van der Waals surface area contributed by atoms with E-state index in [1.54, 1.807) is 0 Å². The molecule has 1 saturated carbocycles. The summed E-state index contributed by atoms with van der Waals surface area (Å²) in [4.78, 5) is 2.50. The molecule has 0 heterocycles. The molecule has 90 valence electrons. The second-order valence-electron chi connectivity index (χ2n) is 5.94. The Morgan fingerprint density at radius 1 is 1.33 bits per heavy atom. The Morgan fingerprint density at radius 2 is 1.87 bits per heavy atom. The smallest absolute Gasteiger partial charge is 0.0306 e. The summed E-state index contributed by atoms with van der Waals surface area (Å²) in [6.45, 7) is 9.98. The predicted octanol–water partition coefficient (Wildman–Crippen LogP) is 2.48. The topological polar surface area (TPSA) is 29.3 Å². The molecule has 0 aromatic carbocycles. The Hall–Kier alpha value is -0.0800. The monoisotopic (exact) mass is 212 g/mol. The van der Waals surface area contributed by atoms with Crippen LogP contribution in [-0.2, 0) is 0 Å². The summed E-state index contributed by atoms with van der Waals surface area (Å²) in [6.07, 6.45) is 4.11. The lowest BCUT2D eigenvalue weighted by Gasteiger charge is -2.43. The van der Waals surface area contributed by atoms with Gasteiger partial charge in [0.05, 0.1) is 0 Å². The first-order valence-corrected chi connectivity index (χ1v) is 6.33. The summed E-state index contributed by atoms with van der Waals surface area (Å²) in [7, 11) is 2.24. The second-order valence-corrected chi connectivity index (χ2v) is 5.94. The lowest BCUT2D eigenvalue weighted by molar-refractivity contribution is 0.0652. The van der Waals surface area contributed by atoms with Crippen LogP contribution in [-0.4, -0.2) is 30.1 Å². The number of hydrogen-bond donors (Lipinski definition) is 1. The lowest BCUT2D eigenvalue weighted by Crippen LogP contribution is -2.54. The molecule has 1 rings (SSSR count). The van der Waals surface area contributed by atoms with E-state index in [2.05, 4.69) is 39.6 Å². The summed E-state index contributed by atoms with van der Waals surface area (Å²) >= 11 is 0. The number of nitrogens with two attached hydrogens (primary N) is 1. The van der Waals surface area contributed by atoms with Gasteiger partial charge in [-0.05, 0) is 39.2 Å². The molecule has 0 amide bonds. The van der Waals surface area contributed by atoms with Crippen molar-refractivity contribution in [3.05, 3.63) is 0 Å². The minimum atomic E-state index is 0.199. The van der Waals surface area contributed by atoms with E-state index in [1.165, 1.54) is 19.3 Å². The van der Waals surface area contributed by atoms with E-state index in [0.29, 0.717) is 12.0 Å². The van der Waals surface area contributed by atoms with Gasteiger partial charge in [-0.25, -0.2) is 0 Å². The highest BCUT2D eigenvalue weighted by Gasteiger charge is 2.37. The van der Waals surface area contributed by atoms with Crippen molar-refractivity contribution >= 4 is 0 Å². The van der Waals surface area contributed by atoms with Crippen LogP contribution in [0.4, 0.5) is 0 Å². The quantitative estimate of drug-likeness (QED) is 0.733. The summed E-state index contributed by atoms with van der Waals surface area (Å²) in [6, 6.07) is 0.609. The van der Waals surface area contributed by atoms with Crippen LogP contribution in [0.2, 0.25) is 0 Å². The molecule has 0 spiro atoms. The van der Waals surface area contributed by atoms with E-state index in [4.69, 9.17) is 5.73 Å². The first kappa shape index (κ1) is 13.0. The van der Waals surface area contributed by atoms with Crippen molar-refractivity contribution in [2.45, 2.75) is 58.5 Å². The van der Waals surface area contributed by atoms with Gasteiger partial charge < -0.3 is 5.73 Å². The van der Waals surface area contributed by atoms with Crippen LogP contribution in [0.3, 0.4) is 0 Å². The standard InChI is InChI=1S/C13H28N2/c1-10(2)11(3)15(5)13(4,9-14)8-12-6-7-12/h10-12H,6-9,14H2,1-5H3. The van der Waals surface area contributed by atoms with E-state index in [9.17, 15) is 0 Å². The molecule has 1 fully saturated rings. The van der Waals surface area contributed by atoms with Gasteiger partial charge in [0.25, 0.3) is 0 Å². The molecular weight excluding hydrogens is 184 g/mol. The van der Waals surface area contributed by atoms with Gasteiger partial charge >= 0.3 is 0 Å². The van der Waals surface area contributed by atoms with Crippen molar-refractivity contribution in [3.63, 3.8) is 0 Å². The van der Waals surface area contributed by atoms with Gasteiger partial charge in [-0.1, -0.05) is 26.7 Å². The molecule has 2 N–H and O–H groups in total. The van der Waals surface area contributed by atoms with Gasteiger partial charge in [-0.2, -0.15) is 0 Å². The zero-order valence-corrected chi connectivity index (χ0v) is 11.1. The normalized spacial score (nSPS) is 23.2. The van der Waals surface area contributed by atoms with Crippen LogP contribution in [0.15, 0.2) is 0 Å². The highest BCUT2D eigenvalue weighted by atomic mass is 15.2. The fraction of sp³-hybridized carbons (Fsp3) is 1.00. The van der Waals surface area contributed by atoms with Gasteiger partial charge in [0, 0.05) is 18.1 Å². The summed E-state index contributed by atoms with van der Waals surface area (Å²) < 4.78 is 0. The lowest BCUT2D eigenvalue weighted by atomic mass is 9.89. The number of rotatable bonds is 6. The fourth-order valence-electron chi connectivity index (χ4n) is 2.25. The minimum Gasteiger partial charge on any atom is -0.329 e. The maximum atomic E-state index is 5.98. The van der Waals surface area contributed by atoms with Crippen molar-refractivity contribution in [2.75, 3.05) is 13.6 Å². The molecule has 1 aliphatic rings. The van der Waals surface area contributed by atoms with Gasteiger partial charge in [0.1, 0.15) is 0 Å². The molecule has 2 unspecified atom stereocenters. The molecule has 0 radical (unpaired) electrons. The van der Waals surface area contributed by atoms with Crippen molar-refractivity contribution in [1.82, 2.24) is 4.90 Å². The van der Waals surface area contributed by atoms with Crippen LogP contribution in [0.5, 0.6) is 0 Å². The number of hydrogen-bond acceptors (Lipinski definition) is 2. The third-order valence-electron chi connectivity index (χ3n) is 4.29. The zero-order valence-electron chi connectivity index (χ0n) is 11.1. The highest BCUT2D eigenvalue weighted by Crippen LogP contribution is 2.39. The molecule has 15 heavy (non-hydrogen) atoms. The van der Waals surface area contributed by atoms with E-state index in [1.807, 2.05) is 0 Å². The molecular formula is C13H28N2. The van der Waals surface area contributed by atoms with Crippen molar-refractivity contribution in [2.24, 2.45) is 17.6 Å². The second kappa shape index (κ2) is 4.84. The van der Waals surface area contributed by atoms with Crippen molar-refractivity contribution in [1.29, 1.82) is 0 Å². The average Bonchev–Trinajstić information content (AvgIpc) is 2.98. The van der Waals surface area contributed by atoms with Crippen LogP contribution in [0, 0.1) is 11.8 Å². The van der Waals surface area contributed by atoms with Gasteiger partial charge in [0.15, 0.2) is 0 Å². The van der Waals surface area contributed by atoms with Crippen LogP contribution < -0.4 is 5.73 Å². The molecule has 0 aromatic rings. The molecule has 0 saturated heterocycles. The maximum absolute atomic E-state index is 5.98. The maximum Gasteiger partial charge on any atom is 0.0306 e. The van der Waals surface area contributed by atoms with Gasteiger partial charge in [-0.15, -0.1) is 0 Å². The Labute approximate surface area is 95.2 Å². The van der Waals surface area contributed by atoms with Crippen molar-refractivity contribution in [3.8, 4) is 0 Å². The van der Waals surface area contributed by atoms with Gasteiger partial charge in [0.2, 0.25) is 0 Å². The summed E-state index contributed by atoms with van der Waals surface area (Å²) in [5, 5.41) is 0. The SMILES string of the molecule is CC(C)C(C)N(C)C(C)(CN)CC1CC1. The Kier molecular flexibility index (Phi) is 4.19. The Bertz CT molecular complexity index is 199. The van der Waals surface area contributed by atoms with Crippen molar-refractivity contribution < 1.29 is 0 Å². The number of nitrogens with zero attached hydrogens (tertiary/aromatic N) is 1. The third-order valence-corrected chi connectivity index (χ3v) is 4.29. The number of likely N-dealkylation sites (N-methyl/N-ethyl adjacent to an activating group) is 1. The Balaban J connectivity index is 2.61. The van der Waals surface area contributed by atoms with E-state index >= 15 is 0 Å². The van der Waals surface area contributed by atoms with Crippen LogP contribution in [0.25, 0.3) is 0 Å². The highest BCUT2D eigenvalue weighted by molar-refractivity contribution is 4.93. The molecule has 0 aromatic heterocycles. The Morgan fingerprint density at radius 3 is 2.20 bits per heavy atom. The third kappa shape index (κ3) is 3.18. The molecule has 2 heteroatoms. The first-order chi connectivity index (χ1) is 6.90. The fourth-order valence-corrected chi connectivity index (χ4v) is 2.25. The van der Waals surface area contributed by atoms with Crippen LogP contribution >= 0.6 is 0 Å². The first-order valence-electron chi connectivity index (χ1n) is 6.33. The van der Waals surface area contributed by atoms with E-state index < -0.39 is 0 Å². The zero-order chi connectivity index (χ0) is 11.6. The molecule has 0 bridgehead atoms. The molecule has 2 nitrogen and oxygen atoms in total. The molecule has 1 aliphatic carbocycles. The minimum absolute atomic E-state index is 0.199. The van der Waals surface area contributed by atoms with Gasteiger partial charge in [-0.3, -0.25) is 4.90 Å². The van der Waals surface area contributed by atoms with E-state index in [-0.39, 0.29) is 5.54 Å². The van der Waals surface area contributed by atoms with E-state index in [0.717, 1.165) is 12.5 Å². The molecule has 2 atom stereocenters. The molecule has 0 aliphatic heterocycles. The predicted molar refractivity (Wildman–Crippen MR) is 66.9 cm³/mol.